The van der Waals surface area contributed by atoms with Gasteiger partial charge in [-0.25, -0.2) is 4.79 Å². The molecule has 2 aromatic carbocycles. The molecule has 1 N–H and O–H groups in total. The lowest BCUT2D eigenvalue weighted by atomic mass is 10.1. The van der Waals surface area contributed by atoms with Gasteiger partial charge in [0.25, 0.3) is 5.91 Å². The first-order valence-electron chi connectivity index (χ1n) is 7.87. The zero-order valence-electron chi connectivity index (χ0n) is 13.9. The summed E-state index contributed by atoms with van der Waals surface area (Å²) in [6.45, 7) is 4.00. The van der Waals surface area contributed by atoms with Gasteiger partial charge in [-0.15, -0.1) is 0 Å². The zero-order valence-corrected chi connectivity index (χ0v) is 13.9. The number of rotatable bonds is 6. The first kappa shape index (κ1) is 17.5. The van der Waals surface area contributed by atoms with Gasteiger partial charge in [0.15, 0.2) is 0 Å². The molecule has 124 valence electrons. The van der Waals surface area contributed by atoms with Crippen molar-refractivity contribution in [3.05, 3.63) is 77.4 Å². The molecule has 4 nitrogen and oxygen atoms in total. The highest BCUT2D eigenvalue weighted by Gasteiger charge is 2.19. The molecule has 0 bridgehead atoms. The Balaban J connectivity index is 2.13. The molecule has 1 amide bonds. The van der Waals surface area contributed by atoms with E-state index < -0.39 is 12.0 Å². The summed E-state index contributed by atoms with van der Waals surface area (Å²) in [6.07, 6.45) is 3.44. The number of amides is 1. The van der Waals surface area contributed by atoms with E-state index in [9.17, 15) is 9.59 Å². The number of hydrogen-bond acceptors (Lipinski definition) is 3. The predicted molar refractivity (Wildman–Crippen MR) is 94.5 cm³/mol. The lowest BCUT2D eigenvalue weighted by Gasteiger charge is -2.14. The third kappa shape index (κ3) is 5.09. The molecule has 2 rings (SSSR count). The number of esters is 1. The van der Waals surface area contributed by atoms with Gasteiger partial charge in [-0.1, -0.05) is 60.2 Å². The fourth-order valence-corrected chi connectivity index (χ4v) is 2.12. The maximum absolute atomic E-state index is 12.3. The minimum atomic E-state index is -0.834. The Morgan fingerprint density at radius 2 is 1.75 bits per heavy atom. The molecule has 0 heterocycles. The van der Waals surface area contributed by atoms with Gasteiger partial charge < -0.3 is 10.1 Å². The highest BCUT2D eigenvalue weighted by atomic mass is 16.5. The Bertz CT molecular complexity index is 705. The van der Waals surface area contributed by atoms with Crippen LogP contribution in [-0.4, -0.2) is 24.5 Å². The van der Waals surface area contributed by atoms with Gasteiger partial charge in [0.2, 0.25) is 0 Å². The van der Waals surface area contributed by atoms with E-state index in [-0.39, 0.29) is 12.5 Å². The molecule has 0 saturated carbocycles. The van der Waals surface area contributed by atoms with Crippen molar-refractivity contribution in [2.75, 3.05) is 6.61 Å². The molecule has 1 unspecified atom stereocenters. The molecule has 0 spiro atoms. The van der Waals surface area contributed by atoms with Crippen LogP contribution in [-0.2, 0) is 9.53 Å². The zero-order chi connectivity index (χ0) is 17.4. The standard InChI is InChI=1S/C20H21NO3/c1-3-24-20(23)18(14-13-16-11-9-15(2)10-12-16)21-19(22)17-7-5-4-6-8-17/h4-14,18H,3H2,1-2H3,(H,21,22)/b14-13+. The number of carbonyl (C=O) groups excluding carboxylic acids is 2. The summed E-state index contributed by atoms with van der Waals surface area (Å²) in [6, 6.07) is 15.8. The largest absolute Gasteiger partial charge is 0.464 e. The number of aryl methyl sites for hydroxylation is 1. The summed E-state index contributed by atoms with van der Waals surface area (Å²) in [5, 5.41) is 2.70. The van der Waals surface area contributed by atoms with Gasteiger partial charge in [0.1, 0.15) is 6.04 Å². The van der Waals surface area contributed by atoms with E-state index >= 15 is 0 Å². The Kier molecular flexibility index (Phi) is 6.32. The molecule has 0 aliphatic carbocycles. The lowest BCUT2D eigenvalue weighted by molar-refractivity contribution is -0.144. The summed E-state index contributed by atoms with van der Waals surface area (Å²) >= 11 is 0. The minimum Gasteiger partial charge on any atom is -0.464 e. The molecular weight excluding hydrogens is 302 g/mol. The van der Waals surface area contributed by atoms with Crippen LogP contribution in [0.25, 0.3) is 6.08 Å². The molecule has 0 fully saturated rings. The Morgan fingerprint density at radius 1 is 1.08 bits per heavy atom. The average Bonchev–Trinajstić information content (AvgIpc) is 2.60. The molecule has 0 radical (unpaired) electrons. The van der Waals surface area contributed by atoms with E-state index in [1.165, 1.54) is 0 Å². The third-order valence-electron chi connectivity index (χ3n) is 3.42. The summed E-state index contributed by atoms with van der Waals surface area (Å²) in [5.74, 6) is -0.799. The number of hydrogen-bond donors (Lipinski definition) is 1. The van der Waals surface area contributed by atoms with Crippen LogP contribution in [0, 0.1) is 6.92 Å². The second-order valence-electron chi connectivity index (χ2n) is 5.34. The molecule has 24 heavy (non-hydrogen) atoms. The number of benzene rings is 2. The van der Waals surface area contributed by atoms with Crippen LogP contribution in [0.3, 0.4) is 0 Å². The quantitative estimate of drug-likeness (QED) is 0.829. The highest BCUT2D eigenvalue weighted by Crippen LogP contribution is 2.07. The highest BCUT2D eigenvalue weighted by molar-refractivity contribution is 5.97. The van der Waals surface area contributed by atoms with Crippen molar-refractivity contribution in [1.82, 2.24) is 5.32 Å². The molecule has 0 aliphatic rings. The Labute approximate surface area is 142 Å². The molecule has 0 aromatic heterocycles. The van der Waals surface area contributed by atoms with Crippen molar-refractivity contribution >= 4 is 18.0 Å². The van der Waals surface area contributed by atoms with Crippen LogP contribution < -0.4 is 5.32 Å². The predicted octanol–water partition coefficient (Wildman–Crippen LogP) is 3.37. The third-order valence-corrected chi connectivity index (χ3v) is 3.42. The molecule has 0 aliphatic heterocycles. The maximum atomic E-state index is 12.3. The van der Waals surface area contributed by atoms with Crippen LogP contribution in [0.5, 0.6) is 0 Å². The van der Waals surface area contributed by atoms with Crippen molar-refractivity contribution in [1.29, 1.82) is 0 Å². The lowest BCUT2D eigenvalue weighted by Crippen LogP contribution is -2.40. The van der Waals surface area contributed by atoms with Crippen LogP contribution in [0.2, 0.25) is 0 Å². The van der Waals surface area contributed by atoms with Crippen molar-refractivity contribution in [2.45, 2.75) is 19.9 Å². The Morgan fingerprint density at radius 3 is 2.38 bits per heavy atom. The van der Waals surface area contributed by atoms with Gasteiger partial charge >= 0.3 is 5.97 Å². The topological polar surface area (TPSA) is 55.4 Å². The van der Waals surface area contributed by atoms with E-state index in [1.54, 1.807) is 43.3 Å². The molecule has 0 saturated heterocycles. The number of ether oxygens (including phenoxy) is 1. The van der Waals surface area contributed by atoms with Gasteiger partial charge in [-0.3, -0.25) is 4.79 Å². The van der Waals surface area contributed by atoms with Gasteiger partial charge in [-0.2, -0.15) is 0 Å². The molecule has 2 aromatic rings. The van der Waals surface area contributed by atoms with E-state index in [0.29, 0.717) is 5.56 Å². The Hall–Kier alpha value is -2.88. The SMILES string of the molecule is CCOC(=O)C(/C=C/c1ccc(C)cc1)NC(=O)c1ccccc1. The molecule has 4 heteroatoms. The first-order chi connectivity index (χ1) is 11.6. The van der Waals surface area contributed by atoms with Crippen LogP contribution in [0.4, 0.5) is 0 Å². The molecular formula is C20H21NO3. The van der Waals surface area contributed by atoms with Crippen LogP contribution in [0.15, 0.2) is 60.7 Å². The van der Waals surface area contributed by atoms with Crippen molar-refractivity contribution in [2.24, 2.45) is 0 Å². The van der Waals surface area contributed by atoms with Crippen molar-refractivity contribution in [3.63, 3.8) is 0 Å². The van der Waals surface area contributed by atoms with Gasteiger partial charge in [0.05, 0.1) is 6.61 Å². The summed E-state index contributed by atoms with van der Waals surface area (Å²) in [7, 11) is 0. The van der Waals surface area contributed by atoms with Crippen molar-refractivity contribution in [3.8, 4) is 0 Å². The first-order valence-corrected chi connectivity index (χ1v) is 7.87. The minimum absolute atomic E-state index is 0.259. The summed E-state index contributed by atoms with van der Waals surface area (Å²) in [4.78, 5) is 24.4. The molecule has 1 atom stereocenters. The second-order valence-corrected chi connectivity index (χ2v) is 5.34. The number of carbonyl (C=O) groups is 2. The smallest absolute Gasteiger partial charge is 0.332 e. The van der Waals surface area contributed by atoms with Gasteiger partial charge in [0, 0.05) is 5.56 Å². The van der Waals surface area contributed by atoms with E-state index in [4.69, 9.17) is 4.74 Å². The maximum Gasteiger partial charge on any atom is 0.332 e. The van der Waals surface area contributed by atoms with Gasteiger partial charge in [-0.05, 0) is 31.5 Å². The summed E-state index contributed by atoms with van der Waals surface area (Å²) in [5.41, 5.74) is 2.60. The second kappa shape index (κ2) is 8.67. The van der Waals surface area contributed by atoms with Crippen molar-refractivity contribution < 1.29 is 14.3 Å². The fourth-order valence-electron chi connectivity index (χ4n) is 2.12. The van der Waals surface area contributed by atoms with E-state index in [0.717, 1.165) is 11.1 Å². The summed E-state index contributed by atoms with van der Waals surface area (Å²) < 4.78 is 5.04. The fraction of sp³-hybridized carbons (Fsp3) is 0.200. The monoisotopic (exact) mass is 323 g/mol. The van der Waals surface area contributed by atoms with Crippen LogP contribution in [0.1, 0.15) is 28.4 Å². The number of nitrogens with one attached hydrogen (secondary N) is 1. The van der Waals surface area contributed by atoms with E-state index in [2.05, 4.69) is 5.32 Å². The van der Waals surface area contributed by atoms with Crippen LogP contribution >= 0.6 is 0 Å². The average molecular weight is 323 g/mol. The van der Waals surface area contributed by atoms with E-state index in [1.807, 2.05) is 37.3 Å². The normalized spacial score (nSPS) is 11.9.